The lowest BCUT2D eigenvalue weighted by molar-refractivity contribution is -0.104. The summed E-state index contributed by atoms with van der Waals surface area (Å²) in [6, 6.07) is 0. The Bertz CT molecular complexity index is 152. The van der Waals surface area contributed by atoms with Crippen LogP contribution < -0.4 is 5.73 Å². The molecular weight excluding hydrogens is 114 g/mol. The summed E-state index contributed by atoms with van der Waals surface area (Å²) in [6.07, 6.45) is 3.83. The molecule has 9 heavy (non-hydrogen) atoms. The standard InChI is InChI=1S/C7H11NO/c1-6(7(2)8)4-3-5-9/h3-5H,8H2,1-2H3. The van der Waals surface area contributed by atoms with Gasteiger partial charge in [0.1, 0.15) is 6.29 Å². The lowest BCUT2D eigenvalue weighted by Gasteiger charge is -1.92. The van der Waals surface area contributed by atoms with Crippen LogP contribution in [0.3, 0.4) is 0 Å². The fourth-order valence-corrected chi connectivity index (χ4v) is 0.315. The lowest BCUT2D eigenvalue weighted by atomic mass is 10.2. The summed E-state index contributed by atoms with van der Waals surface area (Å²) in [4.78, 5) is 9.78. The summed E-state index contributed by atoms with van der Waals surface area (Å²) in [6.45, 7) is 3.65. The molecule has 0 atom stereocenters. The molecule has 0 bridgehead atoms. The van der Waals surface area contributed by atoms with Crippen molar-refractivity contribution in [2.24, 2.45) is 5.73 Å². The molecule has 2 nitrogen and oxygen atoms in total. The highest BCUT2D eigenvalue weighted by molar-refractivity contribution is 5.65. The maximum Gasteiger partial charge on any atom is 0.142 e. The molecule has 0 spiro atoms. The Labute approximate surface area is 55.1 Å². The number of hydrogen-bond donors (Lipinski definition) is 1. The maximum absolute atomic E-state index is 9.78. The topological polar surface area (TPSA) is 43.1 Å². The first kappa shape index (κ1) is 7.95. The number of nitrogens with two attached hydrogens (primary N) is 1. The first-order valence-corrected chi connectivity index (χ1v) is 2.73. The molecule has 0 saturated carbocycles. The van der Waals surface area contributed by atoms with E-state index in [0.717, 1.165) is 17.6 Å². The summed E-state index contributed by atoms with van der Waals surface area (Å²) in [7, 11) is 0. The second-order valence-electron chi connectivity index (χ2n) is 1.86. The molecule has 0 aliphatic heterocycles. The predicted octanol–water partition coefficient (Wildman–Crippen LogP) is 0.994. The molecule has 0 aromatic heterocycles. The second kappa shape index (κ2) is 3.89. The molecule has 0 heterocycles. The minimum absolute atomic E-state index is 0.729. The fourth-order valence-electron chi connectivity index (χ4n) is 0.315. The second-order valence-corrected chi connectivity index (χ2v) is 1.86. The third kappa shape index (κ3) is 3.53. The van der Waals surface area contributed by atoms with Crippen molar-refractivity contribution in [2.75, 3.05) is 0 Å². The van der Waals surface area contributed by atoms with Gasteiger partial charge in [0.2, 0.25) is 0 Å². The van der Waals surface area contributed by atoms with Crippen LogP contribution in [0.4, 0.5) is 0 Å². The molecule has 0 radical (unpaired) electrons. The van der Waals surface area contributed by atoms with Crippen LogP contribution in [-0.4, -0.2) is 6.29 Å². The van der Waals surface area contributed by atoms with E-state index < -0.39 is 0 Å². The van der Waals surface area contributed by atoms with Crippen molar-refractivity contribution in [1.82, 2.24) is 0 Å². The number of rotatable bonds is 2. The first-order valence-electron chi connectivity index (χ1n) is 2.73. The van der Waals surface area contributed by atoms with E-state index in [2.05, 4.69) is 0 Å². The van der Waals surface area contributed by atoms with Crippen molar-refractivity contribution in [2.45, 2.75) is 13.8 Å². The van der Waals surface area contributed by atoms with Gasteiger partial charge in [0.15, 0.2) is 0 Å². The minimum atomic E-state index is 0.729. The number of carbonyl (C=O) groups excluding carboxylic acids is 1. The van der Waals surface area contributed by atoms with Crippen molar-refractivity contribution < 1.29 is 4.79 Å². The number of carbonyl (C=O) groups is 1. The van der Waals surface area contributed by atoms with Gasteiger partial charge in [0.25, 0.3) is 0 Å². The molecule has 2 N–H and O–H groups in total. The molecule has 50 valence electrons. The van der Waals surface area contributed by atoms with Crippen molar-refractivity contribution >= 4 is 6.29 Å². The minimum Gasteiger partial charge on any atom is -0.402 e. The molecular formula is C7H11NO. The van der Waals surface area contributed by atoms with E-state index in [0.29, 0.717) is 0 Å². The zero-order valence-corrected chi connectivity index (χ0v) is 5.72. The average molecular weight is 125 g/mol. The van der Waals surface area contributed by atoms with Crippen LogP contribution in [0.2, 0.25) is 0 Å². The van der Waals surface area contributed by atoms with Crippen molar-refractivity contribution in [3.63, 3.8) is 0 Å². The van der Waals surface area contributed by atoms with Crippen LogP contribution in [0.15, 0.2) is 23.4 Å². The Morgan fingerprint density at radius 3 is 2.33 bits per heavy atom. The molecule has 0 aliphatic rings. The van der Waals surface area contributed by atoms with Crippen molar-refractivity contribution in [1.29, 1.82) is 0 Å². The molecule has 0 rings (SSSR count). The van der Waals surface area contributed by atoms with Gasteiger partial charge in [-0.05, 0) is 25.5 Å². The van der Waals surface area contributed by atoms with Crippen molar-refractivity contribution in [3.05, 3.63) is 23.4 Å². The largest absolute Gasteiger partial charge is 0.402 e. The summed E-state index contributed by atoms with van der Waals surface area (Å²) in [5.41, 5.74) is 7.07. The van der Waals surface area contributed by atoms with Gasteiger partial charge in [-0.3, -0.25) is 4.79 Å². The van der Waals surface area contributed by atoms with E-state index in [-0.39, 0.29) is 0 Å². The number of allylic oxidation sites excluding steroid dienone is 4. The first-order chi connectivity index (χ1) is 4.18. The molecule has 0 fully saturated rings. The molecule has 0 aliphatic carbocycles. The Balaban J connectivity index is 4.06. The molecule has 0 unspecified atom stereocenters. The van der Waals surface area contributed by atoms with Crippen molar-refractivity contribution in [3.8, 4) is 0 Å². The third-order valence-corrected chi connectivity index (χ3v) is 1.05. The third-order valence-electron chi connectivity index (χ3n) is 1.05. The maximum atomic E-state index is 9.78. The smallest absolute Gasteiger partial charge is 0.142 e. The van der Waals surface area contributed by atoms with Gasteiger partial charge in [-0.25, -0.2) is 0 Å². The van der Waals surface area contributed by atoms with E-state index in [4.69, 9.17) is 5.73 Å². The normalized spacial score (nSPS) is 13.6. The summed E-state index contributed by atoms with van der Waals surface area (Å²) in [5.74, 6) is 0. The van der Waals surface area contributed by atoms with Crippen LogP contribution >= 0.6 is 0 Å². The van der Waals surface area contributed by atoms with Gasteiger partial charge in [-0.15, -0.1) is 0 Å². The SMILES string of the molecule is CC(N)=C(C)C=CC=O. The summed E-state index contributed by atoms with van der Waals surface area (Å²) < 4.78 is 0. The Morgan fingerprint density at radius 2 is 2.00 bits per heavy atom. The van der Waals surface area contributed by atoms with E-state index in [1.54, 1.807) is 13.0 Å². The Morgan fingerprint density at radius 1 is 1.44 bits per heavy atom. The van der Waals surface area contributed by atoms with Gasteiger partial charge in [-0.2, -0.15) is 0 Å². The number of aldehydes is 1. The van der Waals surface area contributed by atoms with Gasteiger partial charge in [-0.1, -0.05) is 6.08 Å². The summed E-state index contributed by atoms with van der Waals surface area (Å²) >= 11 is 0. The van der Waals surface area contributed by atoms with Crippen LogP contribution in [0.1, 0.15) is 13.8 Å². The van der Waals surface area contributed by atoms with E-state index in [1.165, 1.54) is 6.08 Å². The van der Waals surface area contributed by atoms with E-state index in [1.807, 2.05) is 6.92 Å². The molecule has 0 aromatic rings. The zero-order chi connectivity index (χ0) is 7.28. The lowest BCUT2D eigenvalue weighted by Crippen LogP contribution is -1.92. The quantitative estimate of drug-likeness (QED) is 0.340. The van der Waals surface area contributed by atoms with Gasteiger partial charge in [0.05, 0.1) is 0 Å². The van der Waals surface area contributed by atoms with E-state index in [9.17, 15) is 4.79 Å². The number of hydrogen-bond acceptors (Lipinski definition) is 2. The highest BCUT2D eigenvalue weighted by Gasteiger charge is 1.82. The fraction of sp³-hybridized carbons (Fsp3) is 0.286. The zero-order valence-electron chi connectivity index (χ0n) is 5.72. The van der Waals surface area contributed by atoms with E-state index >= 15 is 0 Å². The highest BCUT2D eigenvalue weighted by atomic mass is 16.1. The Kier molecular flexibility index (Phi) is 3.44. The van der Waals surface area contributed by atoms with Crippen LogP contribution in [0.25, 0.3) is 0 Å². The molecule has 0 saturated heterocycles. The monoisotopic (exact) mass is 125 g/mol. The van der Waals surface area contributed by atoms with Crippen LogP contribution in [-0.2, 0) is 4.79 Å². The van der Waals surface area contributed by atoms with Gasteiger partial charge < -0.3 is 5.73 Å². The predicted molar refractivity (Wildman–Crippen MR) is 37.8 cm³/mol. The molecule has 0 amide bonds. The highest BCUT2D eigenvalue weighted by Crippen LogP contribution is 1.96. The van der Waals surface area contributed by atoms with Crippen LogP contribution in [0, 0.1) is 0 Å². The summed E-state index contributed by atoms with van der Waals surface area (Å²) in [5, 5.41) is 0. The van der Waals surface area contributed by atoms with Gasteiger partial charge >= 0.3 is 0 Å². The average Bonchev–Trinajstić information content (AvgIpc) is 1.82. The molecule has 0 aromatic carbocycles. The molecule has 2 heteroatoms. The Hall–Kier alpha value is -1.05. The van der Waals surface area contributed by atoms with Gasteiger partial charge in [0, 0.05) is 5.70 Å². The van der Waals surface area contributed by atoms with Crippen LogP contribution in [0.5, 0.6) is 0 Å².